The van der Waals surface area contributed by atoms with Crippen molar-refractivity contribution in [3.63, 3.8) is 0 Å². The summed E-state index contributed by atoms with van der Waals surface area (Å²) in [6.07, 6.45) is 1.44. The zero-order chi connectivity index (χ0) is 54.4. The molecule has 6 heteroatoms. The van der Waals surface area contributed by atoms with E-state index in [-0.39, 0.29) is 14.4 Å². The first kappa shape index (κ1) is 51.2. The normalized spacial score (nSPS) is 14.7. The molecule has 81 heavy (non-hydrogen) atoms. The summed E-state index contributed by atoms with van der Waals surface area (Å²) in [5, 5.41) is 5.85. The molecule has 12 aromatic rings. The molecule has 3 unspecified atom stereocenters. The molecule has 12 aromatic carbocycles. The Hall–Kier alpha value is -9.30. The summed E-state index contributed by atoms with van der Waals surface area (Å²) in [7, 11) is -3.51. The van der Waals surface area contributed by atoms with Gasteiger partial charge in [0.2, 0.25) is 7.29 Å². The lowest BCUT2D eigenvalue weighted by Crippen LogP contribution is -2.23. The standard InChI is InChI=1S/C75H59N3OP2/c79-81(75(50-49-55-25-21-34-60(51-55)56-26-5-1-6-27-56)69-43-13-17-45-71(69)78(81)66-40-24-37-63(54-66)59-32-11-4-12-33-59)74-48-20-15-42-68(74)67-41-14-19-47-73(67)80-77(65-39-23-36-62(53-65)58-30-9-3-10-31-58)72-46-18-16-44-70(72)76-64-38-22-35-61(52-64)57-28-7-2-8-29-57/h1-48,51-54,75-76,80H,49-50H2. The zero-order valence-corrected chi connectivity index (χ0v) is 46.7. The average molecular weight is 1080 g/mol. The van der Waals surface area contributed by atoms with E-state index in [9.17, 15) is 0 Å². The average Bonchev–Trinajstić information content (AvgIpc) is 3.24. The first-order chi connectivity index (χ1) is 40.0. The number of nitrogens with zero attached hydrogens (tertiary/aromatic N) is 2. The predicted molar refractivity (Wildman–Crippen MR) is 346 cm³/mol. The molecule has 0 amide bonds. The summed E-state index contributed by atoms with van der Waals surface area (Å²) < 4.78 is 22.6. The van der Waals surface area contributed by atoms with E-state index in [1.165, 1.54) is 22.3 Å². The van der Waals surface area contributed by atoms with E-state index in [2.05, 4.69) is 330 Å². The molecule has 0 saturated carbocycles. The summed E-state index contributed by atoms with van der Waals surface area (Å²) in [6, 6.07) is 112. The molecule has 0 fully saturated rings. The van der Waals surface area contributed by atoms with Gasteiger partial charge >= 0.3 is 0 Å². The summed E-state index contributed by atoms with van der Waals surface area (Å²) in [5.41, 5.74) is 19.2. The van der Waals surface area contributed by atoms with Gasteiger partial charge in [-0.2, -0.15) is 0 Å². The summed E-state index contributed by atoms with van der Waals surface area (Å²) in [6.45, 7) is 0. The Labute approximate surface area is 478 Å². The highest BCUT2D eigenvalue weighted by Gasteiger charge is 2.50. The quantitative estimate of drug-likeness (QED) is 0.0978. The number of aryl methyl sites for hydroxylation is 1. The van der Waals surface area contributed by atoms with Crippen molar-refractivity contribution in [2.75, 3.05) is 14.7 Å². The summed E-state index contributed by atoms with van der Waals surface area (Å²) in [5.74, 6) is 0. The van der Waals surface area contributed by atoms with E-state index in [0.29, 0.717) is 6.42 Å². The fraction of sp³-hybridized carbons (Fsp3) is 0.0400. The molecule has 0 spiro atoms. The second kappa shape index (κ2) is 23.2. The number of rotatable bonds is 16. The van der Waals surface area contributed by atoms with Crippen LogP contribution in [0.3, 0.4) is 0 Å². The van der Waals surface area contributed by atoms with Crippen LogP contribution in [0.5, 0.6) is 0 Å². The van der Waals surface area contributed by atoms with Crippen LogP contribution < -0.4 is 25.3 Å². The van der Waals surface area contributed by atoms with E-state index in [4.69, 9.17) is 0 Å². The number of fused-ring (bicyclic) bond motifs is 1. The molecule has 0 radical (unpaired) electrons. The van der Waals surface area contributed by atoms with Crippen LogP contribution in [0.1, 0.15) is 23.2 Å². The maximum Gasteiger partial charge on any atom is 0.213 e. The van der Waals surface area contributed by atoms with Crippen LogP contribution in [0.15, 0.2) is 315 Å². The molecule has 3 atom stereocenters. The zero-order valence-electron chi connectivity index (χ0n) is 44.8. The second-order valence-electron chi connectivity index (χ2n) is 20.5. The van der Waals surface area contributed by atoms with Crippen LogP contribution in [0, 0.1) is 0 Å². The Morgan fingerprint density at radius 3 is 1.62 bits per heavy atom. The van der Waals surface area contributed by atoms with E-state index >= 15 is 4.57 Å². The van der Waals surface area contributed by atoms with Crippen molar-refractivity contribution < 1.29 is 4.57 Å². The van der Waals surface area contributed by atoms with Crippen LogP contribution in [0.4, 0.5) is 34.1 Å². The first-order valence-corrected chi connectivity index (χ1v) is 30.4. The minimum atomic E-state index is -3.64. The Morgan fingerprint density at radius 1 is 0.420 bits per heavy atom. The molecule has 1 heterocycles. The van der Waals surface area contributed by atoms with Gasteiger partial charge in [-0.15, -0.1) is 0 Å². The lowest BCUT2D eigenvalue weighted by Gasteiger charge is -2.33. The van der Waals surface area contributed by atoms with Gasteiger partial charge in [0.25, 0.3) is 0 Å². The molecular formula is C75H59N3OP2. The SMILES string of the molecule is O=P1(c2ccccc2-c2ccccc2PN(c2cccc(-c3ccccc3)c2)c2ccccc2Nc2cccc(-c3ccccc3)c2)C(CCc2cccc(-c3ccccc3)c2)c2ccccc2N1c1cccc(-c2ccccc2)c1. The van der Waals surface area contributed by atoms with Gasteiger partial charge in [0.05, 0.1) is 22.7 Å². The molecule has 0 aliphatic carbocycles. The van der Waals surface area contributed by atoms with Gasteiger partial charge in [0, 0.05) is 36.4 Å². The van der Waals surface area contributed by atoms with E-state index in [1.807, 2.05) is 0 Å². The van der Waals surface area contributed by atoms with Crippen LogP contribution in [0.25, 0.3) is 55.6 Å². The van der Waals surface area contributed by atoms with Crippen LogP contribution in [-0.2, 0) is 11.0 Å². The lowest BCUT2D eigenvalue weighted by atomic mass is 9.98. The molecule has 0 saturated heterocycles. The summed E-state index contributed by atoms with van der Waals surface area (Å²) >= 11 is 0. The highest BCUT2D eigenvalue weighted by molar-refractivity contribution is 7.74. The first-order valence-electron chi connectivity index (χ1n) is 27.8. The minimum Gasteiger partial charge on any atom is -0.354 e. The smallest absolute Gasteiger partial charge is 0.213 e. The lowest BCUT2D eigenvalue weighted by molar-refractivity contribution is 0.571. The third-order valence-electron chi connectivity index (χ3n) is 15.5. The predicted octanol–water partition coefficient (Wildman–Crippen LogP) is 20.3. The highest BCUT2D eigenvalue weighted by atomic mass is 31.2. The third kappa shape index (κ3) is 10.6. The second-order valence-corrected chi connectivity index (χ2v) is 24.5. The number of para-hydroxylation sites is 3. The highest BCUT2D eigenvalue weighted by Crippen LogP contribution is 2.73. The molecular weight excluding hydrogens is 1020 g/mol. The topological polar surface area (TPSA) is 35.6 Å². The maximum atomic E-state index is 17.9. The molecule has 1 aliphatic heterocycles. The van der Waals surface area contributed by atoms with Crippen molar-refractivity contribution in [2.45, 2.75) is 18.5 Å². The van der Waals surface area contributed by atoms with Crippen molar-refractivity contribution >= 4 is 60.8 Å². The van der Waals surface area contributed by atoms with Crippen molar-refractivity contribution in [1.29, 1.82) is 0 Å². The van der Waals surface area contributed by atoms with Crippen molar-refractivity contribution in [2.24, 2.45) is 0 Å². The fourth-order valence-electron chi connectivity index (χ4n) is 11.6. The molecule has 13 rings (SSSR count). The number of hydrogen-bond donors (Lipinski definition) is 1. The van der Waals surface area contributed by atoms with Crippen molar-refractivity contribution in [3.8, 4) is 55.6 Å². The number of hydrogen-bond acceptors (Lipinski definition) is 3. The molecule has 0 bridgehead atoms. The third-order valence-corrected chi connectivity index (χ3v) is 20.4. The van der Waals surface area contributed by atoms with E-state index < -0.39 is 7.29 Å². The monoisotopic (exact) mass is 1080 g/mol. The van der Waals surface area contributed by atoms with Gasteiger partial charge in [-0.1, -0.05) is 255 Å². The number of anilines is 6. The van der Waals surface area contributed by atoms with Crippen molar-refractivity contribution in [1.82, 2.24) is 0 Å². The largest absolute Gasteiger partial charge is 0.354 e. The van der Waals surface area contributed by atoms with Crippen LogP contribution in [0.2, 0.25) is 0 Å². The molecule has 0 aromatic heterocycles. The number of nitrogens with one attached hydrogen (secondary N) is 1. The van der Waals surface area contributed by atoms with E-state index in [1.54, 1.807) is 0 Å². The Kier molecular flexibility index (Phi) is 14.6. The molecule has 1 aliphatic rings. The van der Waals surface area contributed by atoms with Crippen LogP contribution >= 0.6 is 16.0 Å². The molecule has 4 nitrogen and oxygen atoms in total. The van der Waals surface area contributed by atoms with Gasteiger partial charge in [0.15, 0.2) is 0 Å². The van der Waals surface area contributed by atoms with Gasteiger partial charge in [-0.05, 0) is 140 Å². The fourth-order valence-corrected chi connectivity index (χ4v) is 16.7. The Bertz CT molecular complexity index is 4190. The Balaban J connectivity index is 0.946. The molecule has 390 valence electrons. The molecule has 1 N–H and O–H groups in total. The van der Waals surface area contributed by atoms with Gasteiger partial charge in [-0.3, -0.25) is 9.24 Å². The van der Waals surface area contributed by atoms with Gasteiger partial charge < -0.3 is 9.99 Å². The van der Waals surface area contributed by atoms with E-state index in [0.717, 1.165) is 95.7 Å². The Morgan fingerprint density at radius 2 is 0.926 bits per heavy atom. The maximum absolute atomic E-state index is 17.9. The van der Waals surface area contributed by atoms with Gasteiger partial charge in [-0.25, -0.2) is 0 Å². The minimum absolute atomic E-state index is 0.126. The van der Waals surface area contributed by atoms with Gasteiger partial charge in [0.1, 0.15) is 0 Å². The number of benzene rings is 12. The van der Waals surface area contributed by atoms with Crippen LogP contribution in [-0.4, -0.2) is 0 Å². The van der Waals surface area contributed by atoms with Crippen molar-refractivity contribution in [3.05, 3.63) is 327 Å². The summed E-state index contributed by atoms with van der Waals surface area (Å²) in [4.78, 5) is 0.